The van der Waals surface area contributed by atoms with Crippen molar-refractivity contribution in [2.45, 2.75) is 0 Å². The number of halogens is 2. The van der Waals surface area contributed by atoms with E-state index in [2.05, 4.69) is 31.2 Å². The highest BCUT2D eigenvalue weighted by Crippen LogP contribution is 2.32. The summed E-state index contributed by atoms with van der Waals surface area (Å²) in [6, 6.07) is 6.35. The number of ether oxygens (including phenoxy) is 1. The lowest BCUT2D eigenvalue weighted by atomic mass is 10.3. The molecule has 3 aromatic rings. The number of aromatic nitrogens is 2. The number of hydrogen-bond donors (Lipinski definition) is 1. The second kappa shape index (κ2) is 5.34. The molecule has 20 heavy (non-hydrogen) atoms. The molecule has 4 nitrogen and oxygen atoms in total. The molecule has 2 heterocycles. The summed E-state index contributed by atoms with van der Waals surface area (Å²) in [6.07, 6.45) is 0. The molecule has 0 fully saturated rings. The summed E-state index contributed by atoms with van der Waals surface area (Å²) in [5, 5.41) is 5.64. The SMILES string of the molecule is CNc1nc(Oc2ccc(F)c(Br)c2)c2ccsc2n1. The quantitative estimate of drug-likeness (QED) is 0.756. The summed E-state index contributed by atoms with van der Waals surface area (Å²) in [7, 11) is 1.74. The number of thiophene rings is 1. The standard InChI is InChI=1S/C13H9BrFN3OS/c1-16-13-17-11(8-4-5-20-12(8)18-13)19-7-2-3-10(15)9(14)6-7/h2-6H,1H3,(H,16,17,18). The Morgan fingerprint density at radius 3 is 2.90 bits per heavy atom. The Balaban J connectivity index is 2.04. The fourth-order valence-electron chi connectivity index (χ4n) is 1.67. The number of nitrogens with zero attached hydrogens (tertiary/aromatic N) is 2. The van der Waals surface area contributed by atoms with Gasteiger partial charge >= 0.3 is 0 Å². The lowest BCUT2D eigenvalue weighted by Crippen LogP contribution is -1.98. The molecule has 0 bridgehead atoms. The molecule has 0 radical (unpaired) electrons. The number of fused-ring (bicyclic) bond motifs is 1. The average Bonchev–Trinajstić information content (AvgIpc) is 2.91. The molecular formula is C13H9BrFN3OS. The van der Waals surface area contributed by atoms with Gasteiger partial charge in [-0.15, -0.1) is 11.3 Å². The number of benzene rings is 1. The molecule has 0 aliphatic heterocycles. The van der Waals surface area contributed by atoms with Crippen LogP contribution in [0.15, 0.2) is 34.1 Å². The maximum atomic E-state index is 13.2. The second-order valence-corrected chi connectivity index (χ2v) is 5.67. The lowest BCUT2D eigenvalue weighted by molar-refractivity contribution is 0.467. The second-order valence-electron chi connectivity index (χ2n) is 3.92. The van der Waals surface area contributed by atoms with Crippen molar-refractivity contribution in [1.29, 1.82) is 0 Å². The number of nitrogens with one attached hydrogen (secondary N) is 1. The maximum Gasteiger partial charge on any atom is 0.232 e. The van der Waals surface area contributed by atoms with Gasteiger partial charge < -0.3 is 10.1 Å². The molecule has 0 amide bonds. The van der Waals surface area contributed by atoms with Crippen LogP contribution in [0.25, 0.3) is 10.2 Å². The van der Waals surface area contributed by atoms with E-state index >= 15 is 0 Å². The highest BCUT2D eigenvalue weighted by Gasteiger charge is 2.11. The van der Waals surface area contributed by atoms with Crippen LogP contribution in [-0.2, 0) is 0 Å². The van der Waals surface area contributed by atoms with Gasteiger partial charge in [-0.2, -0.15) is 4.98 Å². The minimum absolute atomic E-state index is 0.336. The van der Waals surface area contributed by atoms with E-state index in [0.717, 1.165) is 10.2 Å². The third-order valence-electron chi connectivity index (χ3n) is 2.62. The predicted molar refractivity (Wildman–Crippen MR) is 81.1 cm³/mol. The molecule has 1 N–H and O–H groups in total. The molecule has 0 aliphatic rings. The molecule has 0 saturated heterocycles. The van der Waals surface area contributed by atoms with E-state index in [1.165, 1.54) is 17.4 Å². The van der Waals surface area contributed by atoms with Gasteiger partial charge in [0.25, 0.3) is 0 Å². The Hall–Kier alpha value is -1.73. The van der Waals surface area contributed by atoms with Crippen LogP contribution in [0, 0.1) is 5.82 Å². The third-order valence-corrected chi connectivity index (χ3v) is 4.03. The average molecular weight is 354 g/mol. The Kier molecular flexibility index (Phi) is 3.54. The normalized spacial score (nSPS) is 10.8. The zero-order valence-electron chi connectivity index (χ0n) is 10.4. The van der Waals surface area contributed by atoms with E-state index in [9.17, 15) is 4.39 Å². The summed E-state index contributed by atoms with van der Waals surface area (Å²) >= 11 is 4.64. The van der Waals surface area contributed by atoms with Crippen LogP contribution in [0.3, 0.4) is 0 Å². The molecule has 2 aromatic heterocycles. The molecule has 102 valence electrons. The van der Waals surface area contributed by atoms with Crippen molar-refractivity contribution in [1.82, 2.24) is 9.97 Å². The minimum Gasteiger partial charge on any atom is -0.438 e. The Morgan fingerprint density at radius 1 is 1.30 bits per heavy atom. The van der Waals surface area contributed by atoms with Gasteiger partial charge in [0.15, 0.2) is 0 Å². The van der Waals surface area contributed by atoms with E-state index in [1.54, 1.807) is 19.2 Å². The van der Waals surface area contributed by atoms with Gasteiger partial charge in [0.1, 0.15) is 16.4 Å². The van der Waals surface area contributed by atoms with Crippen molar-refractivity contribution in [3.63, 3.8) is 0 Å². The molecule has 0 saturated carbocycles. The molecule has 7 heteroatoms. The first-order chi connectivity index (χ1) is 9.67. The molecule has 0 aliphatic carbocycles. The summed E-state index contributed by atoms with van der Waals surface area (Å²) in [4.78, 5) is 9.46. The fraction of sp³-hybridized carbons (Fsp3) is 0.0769. The van der Waals surface area contributed by atoms with Crippen molar-refractivity contribution >= 4 is 43.4 Å². The number of rotatable bonds is 3. The van der Waals surface area contributed by atoms with Gasteiger partial charge in [-0.25, -0.2) is 9.37 Å². The Morgan fingerprint density at radius 2 is 2.15 bits per heavy atom. The van der Waals surface area contributed by atoms with E-state index in [0.29, 0.717) is 22.1 Å². The Labute approximate surface area is 126 Å². The van der Waals surface area contributed by atoms with Crippen LogP contribution < -0.4 is 10.1 Å². The van der Waals surface area contributed by atoms with Crippen molar-refractivity contribution in [3.05, 3.63) is 39.9 Å². The number of hydrogen-bond acceptors (Lipinski definition) is 5. The monoisotopic (exact) mass is 353 g/mol. The topological polar surface area (TPSA) is 47.0 Å². The molecule has 3 rings (SSSR count). The first kappa shape index (κ1) is 13.3. The van der Waals surface area contributed by atoms with Gasteiger partial charge in [0, 0.05) is 7.05 Å². The Bertz CT molecular complexity index is 777. The van der Waals surface area contributed by atoms with E-state index < -0.39 is 0 Å². The third kappa shape index (κ3) is 2.46. The zero-order valence-corrected chi connectivity index (χ0v) is 12.8. The molecular weight excluding hydrogens is 345 g/mol. The van der Waals surface area contributed by atoms with Gasteiger partial charge in [0.05, 0.1) is 9.86 Å². The first-order valence-electron chi connectivity index (χ1n) is 5.73. The maximum absolute atomic E-state index is 13.2. The van der Waals surface area contributed by atoms with Crippen molar-refractivity contribution in [2.24, 2.45) is 0 Å². The van der Waals surface area contributed by atoms with Crippen LogP contribution in [0.2, 0.25) is 0 Å². The van der Waals surface area contributed by atoms with Crippen molar-refractivity contribution in [3.8, 4) is 11.6 Å². The van der Waals surface area contributed by atoms with Crippen LogP contribution in [-0.4, -0.2) is 17.0 Å². The van der Waals surface area contributed by atoms with Gasteiger partial charge in [-0.05, 0) is 45.6 Å². The van der Waals surface area contributed by atoms with Crippen LogP contribution in [0.4, 0.5) is 10.3 Å². The predicted octanol–water partition coefficient (Wildman–Crippen LogP) is 4.43. The summed E-state index contributed by atoms with van der Waals surface area (Å²) < 4.78 is 19.3. The van der Waals surface area contributed by atoms with E-state index in [-0.39, 0.29) is 5.82 Å². The van der Waals surface area contributed by atoms with E-state index in [4.69, 9.17) is 4.74 Å². The van der Waals surface area contributed by atoms with Crippen molar-refractivity contribution in [2.75, 3.05) is 12.4 Å². The zero-order chi connectivity index (χ0) is 14.1. The van der Waals surface area contributed by atoms with Crippen LogP contribution >= 0.6 is 27.3 Å². The van der Waals surface area contributed by atoms with Gasteiger partial charge in [-0.3, -0.25) is 0 Å². The summed E-state index contributed by atoms with van der Waals surface area (Å²) in [6.45, 7) is 0. The highest BCUT2D eigenvalue weighted by molar-refractivity contribution is 9.10. The molecule has 1 aromatic carbocycles. The van der Waals surface area contributed by atoms with Gasteiger partial charge in [-0.1, -0.05) is 0 Å². The molecule has 0 atom stereocenters. The first-order valence-corrected chi connectivity index (χ1v) is 7.40. The summed E-state index contributed by atoms with van der Waals surface area (Å²) in [5.74, 6) is 1.10. The van der Waals surface area contributed by atoms with Gasteiger partial charge in [0.2, 0.25) is 11.8 Å². The van der Waals surface area contributed by atoms with E-state index in [1.807, 2.05) is 11.4 Å². The highest BCUT2D eigenvalue weighted by atomic mass is 79.9. The van der Waals surface area contributed by atoms with Crippen molar-refractivity contribution < 1.29 is 9.13 Å². The number of anilines is 1. The van der Waals surface area contributed by atoms with Crippen LogP contribution in [0.1, 0.15) is 0 Å². The molecule has 0 spiro atoms. The minimum atomic E-state index is -0.336. The summed E-state index contributed by atoms with van der Waals surface area (Å²) in [5.41, 5.74) is 0. The smallest absolute Gasteiger partial charge is 0.232 e. The van der Waals surface area contributed by atoms with Crippen LogP contribution in [0.5, 0.6) is 11.6 Å². The lowest BCUT2D eigenvalue weighted by Gasteiger charge is -2.08. The fourth-order valence-corrected chi connectivity index (χ4v) is 2.78. The largest absolute Gasteiger partial charge is 0.438 e. The molecule has 0 unspecified atom stereocenters.